The molecule has 1 aromatic carbocycles. The van der Waals surface area contributed by atoms with E-state index in [2.05, 4.69) is 10.6 Å². The van der Waals surface area contributed by atoms with Crippen molar-refractivity contribution in [2.24, 2.45) is 0 Å². The Morgan fingerprint density at radius 3 is 2.67 bits per heavy atom. The average Bonchev–Trinajstić information content (AvgIpc) is 2.57. The van der Waals surface area contributed by atoms with Crippen molar-refractivity contribution >= 4 is 35.0 Å². The van der Waals surface area contributed by atoms with Gasteiger partial charge in [-0.25, -0.2) is 0 Å². The molecule has 1 aromatic rings. The molecule has 1 heterocycles. The predicted octanol–water partition coefficient (Wildman–Crippen LogP) is 2.06. The molecule has 1 aliphatic rings. The summed E-state index contributed by atoms with van der Waals surface area (Å²) < 4.78 is 0. The quantitative estimate of drug-likeness (QED) is 0.837. The van der Waals surface area contributed by atoms with Crippen LogP contribution in [-0.4, -0.2) is 17.9 Å². The second-order valence-electron chi connectivity index (χ2n) is 4.22. The van der Waals surface area contributed by atoms with E-state index in [1.165, 1.54) is 0 Å². The van der Waals surface area contributed by atoms with Crippen LogP contribution in [0.1, 0.15) is 24.9 Å². The Balaban J connectivity index is 2.10. The number of halogens is 2. The van der Waals surface area contributed by atoms with Crippen molar-refractivity contribution in [3.05, 3.63) is 33.8 Å². The van der Waals surface area contributed by atoms with Gasteiger partial charge in [0.15, 0.2) is 0 Å². The number of nitrogens with one attached hydrogen (secondary N) is 2. The Morgan fingerprint density at radius 2 is 2.11 bits per heavy atom. The summed E-state index contributed by atoms with van der Waals surface area (Å²) in [5.41, 5.74) is 0.841. The molecule has 1 fully saturated rings. The van der Waals surface area contributed by atoms with Gasteiger partial charge in [0.05, 0.1) is 12.5 Å². The maximum Gasteiger partial charge on any atom is 0.244 e. The fourth-order valence-electron chi connectivity index (χ4n) is 1.93. The van der Waals surface area contributed by atoms with E-state index >= 15 is 0 Å². The number of hydrogen-bond donors (Lipinski definition) is 2. The normalized spacial score (nSPS) is 20.9. The van der Waals surface area contributed by atoms with E-state index in [-0.39, 0.29) is 24.3 Å². The van der Waals surface area contributed by atoms with Crippen molar-refractivity contribution in [1.82, 2.24) is 10.6 Å². The van der Waals surface area contributed by atoms with Crippen LogP contribution in [0.4, 0.5) is 0 Å². The topological polar surface area (TPSA) is 58.2 Å². The van der Waals surface area contributed by atoms with Gasteiger partial charge in [0, 0.05) is 16.1 Å². The number of hydrogen-bond acceptors (Lipinski definition) is 3. The van der Waals surface area contributed by atoms with Crippen LogP contribution in [0.15, 0.2) is 18.2 Å². The van der Waals surface area contributed by atoms with Crippen LogP contribution in [0.5, 0.6) is 0 Å². The van der Waals surface area contributed by atoms with Crippen LogP contribution < -0.4 is 10.6 Å². The van der Waals surface area contributed by atoms with Gasteiger partial charge in [0.1, 0.15) is 0 Å². The van der Waals surface area contributed by atoms with E-state index in [0.29, 0.717) is 10.0 Å². The predicted molar refractivity (Wildman–Crippen MR) is 69.6 cm³/mol. The molecule has 0 radical (unpaired) electrons. The smallest absolute Gasteiger partial charge is 0.244 e. The third kappa shape index (κ3) is 2.83. The average molecular weight is 287 g/mol. The van der Waals surface area contributed by atoms with E-state index in [4.69, 9.17) is 23.2 Å². The summed E-state index contributed by atoms with van der Waals surface area (Å²) in [5.74, 6) is -0.552. The van der Waals surface area contributed by atoms with Crippen molar-refractivity contribution in [3.8, 4) is 0 Å². The molecule has 18 heavy (non-hydrogen) atoms. The molecule has 2 unspecified atom stereocenters. The summed E-state index contributed by atoms with van der Waals surface area (Å²) in [4.78, 5) is 22.5. The molecule has 96 valence electrons. The highest BCUT2D eigenvalue weighted by atomic mass is 35.5. The molecule has 6 heteroatoms. The minimum atomic E-state index is -0.501. The highest BCUT2D eigenvalue weighted by Gasteiger charge is 2.31. The monoisotopic (exact) mass is 286 g/mol. The Kier molecular flexibility index (Phi) is 3.90. The molecule has 2 amide bonds. The molecular formula is C12H12Cl2N2O2. The zero-order valence-electron chi connectivity index (χ0n) is 9.67. The van der Waals surface area contributed by atoms with Crippen molar-refractivity contribution < 1.29 is 9.59 Å². The van der Waals surface area contributed by atoms with Gasteiger partial charge in [0.25, 0.3) is 0 Å². The van der Waals surface area contributed by atoms with Crippen molar-refractivity contribution in [3.63, 3.8) is 0 Å². The first kappa shape index (κ1) is 13.3. The highest BCUT2D eigenvalue weighted by Crippen LogP contribution is 2.26. The molecule has 0 spiro atoms. The van der Waals surface area contributed by atoms with E-state index in [1.54, 1.807) is 18.2 Å². The number of rotatable bonds is 3. The van der Waals surface area contributed by atoms with Crippen LogP contribution in [0.3, 0.4) is 0 Å². The lowest BCUT2D eigenvalue weighted by Crippen LogP contribution is -2.37. The minimum absolute atomic E-state index is 0.142. The lowest BCUT2D eigenvalue weighted by atomic mass is 10.1. The van der Waals surface area contributed by atoms with Gasteiger partial charge in [-0.05, 0) is 24.6 Å². The third-order valence-electron chi connectivity index (χ3n) is 2.85. The van der Waals surface area contributed by atoms with Gasteiger partial charge < -0.3 is 0 Å². The summed E-state index contributed by atoms with van der Waals surface area (Å²) in [6.45, 7) is 1.88. The van der Waals surface area contributed by atoms with Gasteiger partial charge >= 0.3 is 0 Å². The molecule has 0 aliphatic carbocycles. The van der Waals surface area contributed by atoms with E-state index in [0.717, 1.165) is 5.56 Å². The van der Waals surface area contributed by atoms with Gasteiger partial charge in [-0.2, -0.15) is 0 Å². The Bertz CT molecular complexity index is 505. The largest absolute Gasteiger partial charge is 0.299 e. The second-order valence-corrected chi connectivity index (χ2v) is 5.07. The van der Waals surface area contributed by atoms with Crippen LogP contribution in [0.2, 0.25) is 10.0 Å². The molecule has 2 N–H and O–H groups in total. The molecule has 1 aliphatic heterocycles. The molecular weight excluding hydrogens is 275 g/mol. The number of carbonyl (C=O) groups excluding carboxylic acids is 2. The Morgan fingerprint density at radius 1 is 1.39 bits per heavy atom. The fourth-order valence-corrected chi connectivity index (χ4v) is 2.50. The molecule has 0 bridgehead atoms. The maximum atomic E-state index is 11.4. The van der Waals surface area contributed by atoms with E-state index in [1.807, 2.05) is 6.92 Å². The summed E-state index contributed by atoms with van der Waals surface area (Å²) in [5, 5.41) is 6.42. The van der Waals surface area contributed by atoms with Gasteiger partial charge in [-0.1, -0.05) is 29.3 Å². The molecule has 1 saturated heterocycles. The number of imide groups is 1. The first-order valence-corrected chi connectivity index (χ1v) is 6.27. The summed E-state index contributed by atoms with van der Waals surface area (Å²) >= 11 is 11.9. The second kappa shape index (κ2) is 5.26. The standard InChI is InChI=1S/C12H12Cl2N2O2/c1-6(8-3-2-7(13)4-9(8)14)15-10-5-11(17)16-12(10)18/h2-4,6,10,15H,5H2,1H3,(H,16,17,18). The first-order chi connectivity index (χ1) is 8.47. The van der Waals surface area contributed by atoms with Crippen LogP contribution in [-0.2, 0) is 9.59 Å². The number of amides is 2. The lowest BCUT2D eigenvalue weighted by molar-refractivity contribution is -0.125. The highest BCUT2D eigenvalue weighted by molar-refractivity contribution is 6.35. The van der Waals surface area contributed by atoms with Crippen LogP contribution in [0, 0.1) is 0 Å². The minimum Gasteiger partial charge on any atom is -0.299 e. The molecule has 0 aromatic heterocycles. The molecule has 4 nitrogen and oxygen atoms in total. The Labute approximate surface area is 115 Å². The summed E-state index contributed by atoms with van der Waals surface area (Å²) in [7, 11) is 0. The van der Waals surface area contributed by atoms with Gasteiger partial charge in [-0.3, -0.25) is 20.2 Å². The Hall–Kier alpha value is -1.10. The first-order valence-electron chi connectivity index (χ1n) is 5.52. The lowest BCUT2D eigenvalue weighted by Gasteiger charge is -2.18. The zero-order valence-corrected chi connectivity index (χ0v) is 11.2. The van der Waals surface area contributed by atoms with Crippen molar-refractivity contribution in [2.45, 2.75) is 25.4 Å². The van der Waals surface area contributed by atoms with Crippen molar-refractivity contribution in [2.75, 3.05) is 0 Å². The molecule has 2 rings (SSSR count). The SMILES string of the molecule is CC(NC1CC(=O)NC1=O)c1ccc(Cl)cc1Cl. The third-order valence-corrected chi connectivity index (χ3v) is 3.41. The summed E-state index contributed by atoms with van der Waals surface area (Å²) in [6.07, 6.45) is 0.161. The zero-order chi connectivity index (χ0) is 13.3. The van der Waals surface area contributed by atoms with E-state index in [9.17, 15) is 9.59 Å². The molecule has 0 saturated carbocycles. The van der Waals surface area contributed by atoms with Gasteiger partial charge in [0.2, 0.25) is 11.8 Å². The molecule has 2 atom stereocenters. The summed E-state index contributed by atoms with van der Waals surface area (Å²) in [6, 6.07) is 4.55. The van der Waals surface area contributed by atoms with Crippen LogP contribution >= 0.6 is 23.2 Å². The maximum absolute atomic E-state index is 11.4. The van der Waals surface area contributed by atoms with Crippen molar-refractivity contribution in [1.29, 1.82) is 0 Å². The van der Waals surface area contributed by atoms with E-state index < -0.39 is 6.04 Å². The number of benzene rings is 1. The van der Waals surface area contributed by atoms with Crippen LogP contribution in [0.25, 0.3) is 0 Å². The number of carbonyl (C=O) groups is 2. The fraction of sp³-hybridized carbons (Fsp3) is 0.333. The van der Waals surface area contributed by atoms with Gasteiger partial charge in [-0.15, -0.1) is 0 Å².